The second-order valence-corrected chi connectivity index (χ2v) is 6.38. The zero-order valence-corrected chi connectivity index (χ0v) is 12.3. The van der Waals surface area contributed by atoms with E-state index in [1.165, 1.54) is 16.6 Å². The van der Waals surface area contributed by atoms with E-state index < -0.39 is 10.0 Å². The standard InChI is InChI=1S/C11H18ClN3O2S/c1-4-5-6-15(3)18(16,17)9-7-10(12)11(13-2)14-8-9/h7-8H,4-6H2,1-3H3,(H,13,14). The molecule has 0 atom stereocenters. The van der Waals surface area contributed by atoms with Gasteiger partial charge in [0.15, 0.2) is 0 Å². The molecular weight excluding hydrogens is 274 g/mol. The summed E-state index contributed by atoms with van der Waals surface area (Å²) >= 11 is 5.94. The normalized spacial score (nSPS) is 11.8. The van der Waals surface area contributed by atoms with Crippen molar-refractivity contribution >= 4 is 27.4 Å². The first-order valence-electron chi connectivity index (χ1n) is 5.73. The molecule has 0 radical (unpaired) electrons. The lowest BCUT2D eigenvalue weighted by Gasteiger charge is -2.17. The van der Waals surface area contributed by atoms with Crippen LogP contribution in [-0.2, 0) is 10.0 Å². The molecule has 1 aromatic heterocycles. The molecule has 0 saturated heterocycles. The molecule has 0 aliphatic carbocycles. The van der Waals surface area contributed by atoms with Crippen LogP contribution in [0.15, 0.2) is 17.2 Å². The van der Waals surface area contributed by atoms with Crippen molar-refractivity contribution in [1.82, 2.24) is 9.29 Å². The van der Waals surface area contributed by atoms with Crippen molar-refractivity contribution in [1.29, 1.82) is 0 Å². The van der Waals surface area contributed by atoms with Crippen LogP contribution in [-0.4, -0.2) is 38.3 Å². The lowest BCUT2D eigenvalue weighted by molar-refractivity contribution is 0.459. The number of anilines is 1. The highest BCUT2D eigenvalue weighted by molar-refractivity contribution is 7.89. The number of nitrogens with one attached hydrogen (secondary N) is 1. The maximum atomic E-state index is 12.2. The van der Waals surface area contributed by atoms with Crippen LogP contribution >= 0.6 is 11.6 Å². The highest BCUT2D eigenvalue weighted by Gasteiger charge is 2.21. The zero-order chi connectivity index (χ0) is 13.8. The van der Waals surface area contributed by atoms with Gasteiger partial charge >= 0.3 is 0 Å². The van der Waals surface area contributed by atoms with Gasteiger partial charge in [0.1, 0.15) is 10.7 Å². The molecule has 1 rings (SSSR count). The molecule has 0 aliphatic rings. The van der Waals surface area contributed by atoms with Gasteiger partial charge in [-0.3, -0.25) is 0 Å². The minimum Gasteiger partial charge on any atom is -0.372 e. The highest BCUT2D eigenvalue weighted by Crippen LogP contribution is 2.23. The molecule has 5 nitrogen and oxygen atoms in total. The summed E-state index contributed by atoms with van der Waals surface area (Å²) in [5.74, 6) is 0.465. The Hall–Kier alpha value is -0.850. The van der Waals surface area contributed by atoms with Crippen LogP contribution in [0.1, 0.15) is 19.8 Å². The molecule has 0 aromatic carbocycles. The minimum atomic E-state index is -3.50. The molecule has 0 amide bonds. The van der Waals surface area contributed by atoms with Gasteiger partial charge in [-0.05, 0) is 12.5 Å². The second-order valence-electron chi connectivity index (χ2n) is 3.93. The van der Waals surface area contributed by atoms with Crippen molar-refractivity contribution in [2.24, 2.45) is 0 Å². The Morgan fingerprint density at radius 3 is 2.67 bits per heavy atom. The van der Waals surface area contributed by atoms with Crippen molar-refractivity contribution < 1.29 is 8.42 Å². The van der Waals surface area contributed by atoms with E-state index in [-0.39, 0.29) is 4.90 Å². The molecule has 0 aliphatic heterocycles. The number of pyridine rings is 1. The topological polar surface area (TPSA) is 62.3 Å². The third-order valence-electron chi connectivity index (χ3n) is 2.59. The number of halogens is 1. The van der Waals surface area contributed by atoms with E-state index in [0.29, 0.717) is 17.4 Å². The monoisotopic (exact) mass is 291 g/mol. The molecule has 0 bridgehead atoms. The zero-order valence-electron chi connectivity index (χ0n) is 10.8. The summed E-state index contributed by atoms with van der Waals surface area (Å²) in [6.45, 7) is 2.50. The maximum absolute atomic E-state index is 12.2. The molecule has 7 heteroatoms. The van der Waals surface area contributed by atoms with Gasteiger partial charge in [-0.15, -0.1) is 0 Å². The Morgan fingerprint density at radius 2 is 2.17 bits per heavy atom. The third kappa shape index (κ3) is 3.34. The fourth-order valence-electron chi connectivity index (χ4n) is 1.43. The van der Waals surface area contributed by atoms with E-state index in [9.17, 15) is 8.42 Å². The SMILES string of the molecule is CCCCN(C)S(=O)(=O)c1cnc(NC)c(Cl)c1. The number of hydrogen-bond acceptors (Lipinski definition) is 4. The molecule has 0 saturated carbocycles. The minimum absolute atomic E-state index is 0.116. The summed E-state index contributed by atoms with van der Waals surface area (Å²) in [6.07, 6.45) is 3.08. The Bertz CT molecular complexity index is 505. The van der Waals surface area contributed by atoms with Gasteiger partial charge in [0, 0.05) is 26.8 Å². The van der Waals surface area contributed by atoms with E-state index in [2.05, 4.69) is 10.3 Å². The predicted molar refractivity (Wildman–Crippen MR) is 73.5 cm³/mol. The van der Waals surface area contributed by atoms with Crippen LogP contribution in [0.4, 0.5) is 5.82 Å². The molecule has 102 valence electrons. The fraction of sp³-hybridized carbons (Fsp3) is 0.545. The average Bonchev–Trinajstić information content (AvgIpc) is 2.35. The summed E-state index contributed by atoms with van der Waals surface area (Å²) in [6, 6.07) is 1.41. The van der Waals surface area contributed by atoms with E-state index in [0.717, 1.165) is 12.8 Å². The Labute approximate surface area is 113 Å². The Balaban J connectivity index is 3.01. The van der Waals surface area contributed by atoms with Crippen molar-refractivity contribution in [2.75, 3.05) is 26.0 Å². The van der Waals surface area contributed by atoms with Gasteiger partial charge < -0.3 is 5.32 Å². The number of hydrogen-bond donors (Lipinski definition) is 1. The van der Waals surface area contributed by atoms with Gasteiger partial charge in [-0.25, -0.2) is 17.7 Å². The number of aromatic nitrogens is 1. The van der Waals surface area contributed by atoms with Crippen LogP contribution in [0.3, 0.4) is 0 Å². The molecular formula is C11H18ClN3O2S. The van der Waals surface area contributed by atoms with Crippen molar-refractivity contribution in [3.63, 3.8) is 0 Å². The smallest absolute Gasteiger partial charge is 0.244 e. The van der Waals surface area contributed by atoms with Crippen LogP contribution < -0.4 is 5.32 Å². The van der Waals surface area contributed by atoms with Crippen molar-refractivity contribution in [3.8, 4) is 0 Å². The van der Waals surface area contributed by atoms with Crippen LogP contribution in [0.5, 0.6) is 0 Å². The summed E-state index contributed by atoms with van der Waals surface area (Å²) in [7, 11) is -0.263. The Morgan fingerprint density at radius 1 is 1.50 bits per heavy atom. The van der Waals surface area contributed by atoms with Crippen LogP contribution in [0, 0.1) is 0 Å². The first-order valence-corrected chi connectivity index (χ1v) is 7.55. The molecule has 1 heterocycles. The van der Waals surface area contributed by atoms with Crippen molar-refractivity contribution in [2.45, 2.75) is 24.7 Å². The van der Waals surface area contributed by atoms with Gasteiger partial charge in [0.05, 0.1) is 5.02 Å². The first-order chi connectivity index (χ1) is 8.43. The van der Waals surface area contributed by atoms with Crippen molar-refractivity contribution in [3.05, 3.63) is 17.3 Å². The lowest BCUT2D eigenvalue weighted by Crippen LogP contribution is -2.28. The number of nitrogens with zero attached hydrogens (tertiary/aromatic N) is 2. The maximum Gasteiger partial charge on any atom is 0.244 e. The summed E-state index contributed by atoms with van der Waals surface area (Å²) in [4.78, 5) is 4.09. The van der Waals surface area contributed by atoms with E-state index in [1.54, 1.807) is 14.1 Å². The van der Waals surface area contributed by atoms with E-state index >= 15 is 0 Å². The number of unbranched alkanes of at least 4 members (excludes halogenated alkanes) is 1. The second kappa shape index (κ2) is 6.36. The molecule has 1 N–H and O–H groups in total. The third-order valence-corrected chi connectivity index (χ3v) is 4.70. The summed E-state index contributed by atoms with van der Waals surface area (Å²) in [5, 5.41) is 3.08. The van der Waals surface area contributed by atoms with Crippen LogP contribution in [0.25, 0.3) is 0 Å². The average molecular weight is 292 g/mol. The largest absolute Gasteiger partial charge is 0.372 e. The molecule has 1 aromatic rings. The number of sulfonamides is 1. The van der Waals surface area contributed by atoms with E-state index in [1.807, 2.05) is 6.92 Å². The quantitative estimate of drug-likeness (QED) is 0.873. The van der Waals surface area contributed by atoms with E-state index in [4.69, 9.17) is 11.6 Å². The van der Waals surface area contributed by atoms with Gasteiger partial charge in [0.25, 0.3) is 0 Å². The predicted octanol–water partition coefficient (Wildman–Crippen LogP) is 2.20. The van der Waals surface area contributed by atoms with Crippen LogP contribution in [0.2, 0.25) is 5.02 Å². The van der Waals surface area contributed by atoms with Gasteiger partial charge in [-0.2, -0.15) is 0 Å². The molecule has 0 spiro atoms. The summed E-state index contributed by atoms with van der Waals surface area (Å²) in [5.41, 5.74) is 0. The molecule has 18 heavy (non-hydrogen) atoms. The first kappa shape index (κ1) is 15.2. The highest BCUT2D eigenvalue weighted by atomic mass is 35.5. The Kier molecular flexibility index (Phi) is 5.37. The fourth-order valence-corrected chi connectivity index (χ4v) is 2.93. The van der Waals surface area contributed by atoms with Gasteiger partial charge in [0.2, 0.25) is 10.0 Å². The summed E-state index contributed by atoms with van der Waals surface area (Å²) < 4.78 is 25.7. The lowest BCUT2D eigenvalue weighted by atomic mass is 10.3. The number of rotatable bonds is 6. The molecule has 0 fully saturated rings. The molecule has 0 unspecified atom stereocenters. The van der Waals surface area contributed by atoms with Gasteiger partial charge in [-0.1, -0.05) is 24.9 Å².